The first-order valence-electron chi connectivity index (χ1n) is 6.03. The number of carbonyl (C=O) groups is 1. The zero-order chi connectivity index (χ0) is 14.1. The lowest BCUT2D eigenvalue weighted by Crippen LogP contribution is -2.12. The Morgan fingerprint density at radius 3 is 2.65 bits per heavy atom. The van der Waals surface area contributed by atoms with E-state index in [4.69, 9.17) is 11.5 Å². The van der Waals surface area contributed by atoms with Crippen LogP contribution in [-0.2, 0) is 0 Å². The van der Waals surface area contributed by atoms with Crippen molar-refractivity contribution in [2.45, 2.75) is 0 Å². The van der Waals surface area contributed by atoms with E-state index in [1.54, 1.807) is 24.4 Å². The number of hydrogen-bond acceptors (Lipinski definition) is 4. The van der Waals surface area contributed by atoms with E-state index in [1.165, 1.54) is 0 Å². The first kappa shape index (κ1) is 12.0. The largest absolute Gasteiger partial charge is 0.399 e. The molecule has 1 aromatic heterocycles. The maximum absolute atomic E-state index is 12.2. The van der Waals surface area contributed by atoms with E-state index in [1.807, 2.05) is 18.2 Å². The van der Waals surface area contributed by atoms with E-state index in [2.05, 4.69) is 15.5 Å². The van der Waals surface area contributed by atoms with Gasteiger partial charge in [-0.3, -0.25) is 9.89 Å². The Balaban J connectivity index is 1.94. The second kappa shape index (κ2) is 4.58. The lowest BCUT2D eigenvalue weighted by atomic mass is 10.1. The van der Waals surface area contributed by atoms with Crippen LogP contribution >= 0.6 is 0 Å². The van der Waals surface area contributed by atoms with Gasteiger partial charge in [0.25, 0.3) is 5.91 Å². The molecule has 0 radical (unpaired) electrons. The quantitative estimate of drug-likeness (QED) is 0.532. The Morgan fingerprint density at radius 1 is 1.15 bits per heavy atom. The number of nitrogen functional groups attached to an aromatic ring is 2. The lowest BCUT2D eigenvalue weighted by molar-refractivity contribution is 0.102. The van der Waals surface area contributed by atoms with Crippen LogP contribution < -0.4 is 16.8 Å². The van der Waals surface area contributed by atoms with Crippen LogP contribution in [0, 0.1) is 0 Å². The monoisotopic (exact) mass is 267 g/mol. The highest BCUT2D eigenvalue weighted by Crippen LogP contribution is 2.22. The number of aromatic nitrogens is 2. The van der Waals surface area contributed by atoms with Crippen LogP contribution in [0.15, 0.2) is 42.6 Å². The third-order valence-electron chi connectivity index (χ3n) is 2.97. The molecule has 0 aliphatic carbocycles. The van der Waals surface area contributed by atoms with Gasteiger partial charge in [0.1, 0.15) is 0 Å². The predicted molar refractivity (Wildman–Crippen MR) is 79.3 cm³/mol. The zero-order valence-corrected chi connectivity index (χ0v) is 10.6. The maximum Gasteiger partial charge on any atom is 0.255 e. The van der Waals surface area contributed by atoms with Gasteiger partial charge < -0.3 is 16.8 Å². The molecular formula is C14H13N5O. The highest BCUT2D eigenvalue weighted by Gasteiger charge is 2.10. The van der Waals surface area contributed by atoms with Crippen LogP contribution in [0.2, 0.25) is 0 Å². The molecule has 0 saturated carbocycles. The Bertz CT molecular complexity index is 773. The Hall–Kier alpha value is -3.02. The normalized spacial score (nSPS) is 10.6. The number of amides is 1. The summed E-state index contributed by atoms with van der Waals surface area (Å²) in [6.45, 7) is 0. The molecule has 0 aliphatic rings. The van der Waals surface area contributed by atoms with Crippen molar-refractivity contribution in [3.8, 4) is 0 Å². The summed E-state index contributed by atoms with van der Waals surface area (Å²) in [5.41, 5.74) is 14.2. The van der Waals surface area contributed by atoms with Crippen molar-refractivity contribution in [3.05, 3.63) is 48.2 Å². The van der Waals surface area contributed by atoms with Gasteiger partial charge in [0.2, 0.25) is 0 Å². The van der Waals surface area contributed by atoms with Crippen molar-refractivity contribution in [2.24, 2.45) is 0 Å². The molecule has 0 aliphatic heterocycles. The van der Waals surface area contributed by atoms with Gasteiger partial charge in [-0.15, -0.1) is 0 Å². The van der Waals surface area contributed by atoms with Crippen LogP contribution in [0.5, 0.6) is 0 Å². The highest BCUT2D eigenvalue weighted by atomic mass is 16.1. The molecule has 20 heavy (non-hydrogen) atoms. The van der Waals surface area contributed by atoms with E-state index >= 15 is 0 Å². The number of H-pyrrole nitrogens is 1. The van der Waals surface area contributed by atoms with Crippen LogP contribution in [0.25, 0.3) is 10.9 Å². The number of carbonyl (C=O) groups excluding carboxylic acids is 1. The fraction of sp³-hybridized carbons (Fsp3) is 0. The minimum absolute atomic E-state index is 0.266. The van der Waals surface area contributed by atoms with Crippen molar-refractivity contribution in [2.75, 3.05) is 16.8 Å². The molecule has 100 valence electrons. The van der Waals surface area contributed by atoms with Gasteiger partial charge in [0.05, 0.1) is 17.4 Å². The fourth-order valence-electron chi connectivity index (χ4n) is 2.08. The third kappa shape index (κ3) is 2.14. The molecule has 6 heteroatoms. The summed E-state index contributed by atoms with van der Waals surface area (Å²) < 4.78 is 0. The van der Waals surface area contributed by atoms with E-state index in [0.29, 0.717) is 22.6 Å². The molecule has 0 fully saturated rings. The number of rotatable bonds is 2. The van der Waals surface area contributed by atoms with Crippen molar-refractivity contribution < 1.29 is 4.79 Å². The van der Waals surface area contributed by atoms with E-state index in [-0.39, 0.29) is 5.91 Å². The van der Waals surface area contributed by atoms with Gasteiger partial charge in [-0.1, -0.05) is 6.07 Å². The molecule has 0 unspecified atom stereocenters. The van der Waals surface area contributed by atoms with Crippen molar-refractivity contribution >= 4 is 33.9 Å². The minimum atomic E-state index is -0.266. The van der Waals surface area contributed by atoms with E-state index in [9.17, 15) is 4.79 Å². The number of nitrogens with one attached hydrogen (secondary N) is 2. The van der Waals surface area contributed by atoms with Gasteiger partial charge in [-0.2, -0.15) is 5.10 Å². The smallest absolute Gasteiger partial charge is 0.255 e. The highest BCUT2D eigenvalue weighted by molar-refractivity contribution is 6.09. The molecule has 0 bridgehead atoms. The number of nitrogens with two attached hydrogens (primary N) is 2. The molecular weight excluding hydrogens is 254 g/mol. The molecule has 6 nitrogen and oxygen atoms in total. The van der Waals surface area contributed by atoms with Gasteiger partial charge in [-0.05, 0) is 30.3 Å². The maximum atomic E-state index is 12.2. The van der Waals surface area contributed by atoms with Crippen molar-refractivity contribution in [1.82, 2.24) is 10.2 Å². The topological polar surface area (TPSA) is 110 Å². The summed E-state index contributed by atoms with van der Waals surface area (Å²) in [6, 6.07) is 10.3. The molecule has 3 rings (SSSR count). The van der Waals surface area contributed by atoms with Crippen molar-refractivity contribution in [3.63, 3.8) is 0 Å². The summed E-state index contributed by atoms with van der Waals surface area (Å²) in [5, 5.41) is 10.5. The van der Waals surface area contributed by atoms with Gasteiger partial charge in [0, 0.05) is 22.3 Å². The van der Waals surface area contributed by atoms with Gasteiger partial charge in [-0.25, -0.2) is 0 Å². The average Bonchev–Trinajstić information content (AvgIpc) is 2.87. The van der Waals surface area contributed by atoms with Gasteiger partial charge in [0.15, 0.2) is 0 Å². The molecule has 3 aromatic rings. The lowest BCUT2D eigenvalue weighted by Gasteiger charge is -2.07. The zero-order valence-electron chi connectivity index (χ0n) is 10.6. The molecule has 1 amide bonds. The standard InChI is InChI=1S/C14H13N5O/c15-9-4-8(5-10(16)6-9)14(20)18-12-2-1-3-13-11(12)7-17-19-13/h1-7H,15-16H2,(H,17,19)(H,18,20). The Morgan fingerprint density at radius 2 is 1.90 bits per heavy atom. The molecule has 0 saturated heterocycles. The second-order valence-corrected chi connectivity index (χ2v) is 4.48. The average molecular weight is 267 g/mol. The number of hydrogen-bond donors (Lipinski definition) is 4. The van der Waals surface area contributed by atoms with Crippen LogP contribution in [-0.4, -0.2) is 16.1 Å². The third-order valence-corrected chi connectivity index (χ3v) is 2.97. The number of aromatic amines is 1. The molecule has 0 atom stereocenters. The first-order chi connectivity index (χ1) is 9.63. The summed E-state index contributed by atoms with van der Waals surface area (Å²) in [4.78, 5) is 12.2. The van der Waals surface area contributed by atoms with Crippen LogP contribution in [0.3, 0.4) is 0 Å². The molecule has 6 N–H and O–H groups in total. The number of benzene rings is 2. The van der Waals surface area contributed by atoms with E-state index in [0.717, 1.165) is 10.9 Å². The predicted octanol–water partition coefficient (Wildman–Crippen LogP) is 1.98. The molecule has 1 heterocycles. The van der Waals surface area contributed by atoms with Crippen LogP contribution in [0.1, 0.15) is 10.4 Å². The van der Waals surface area contributed by atoms with Crippen molar-refractivity contribution in [1.29, 1.82) is 0 Å². The summed E-state index contributed by atoms with van der Waals surface area (Å²) in [6.07, 6.45) is 1.67. The summed E-state index contributed by atoms with van der Waals surface area (Å²) in [5.74, 6) is -0.266. The number of anilines is 3. The van der Waals surface area contributed by atoms with Gasteiger partial charge >= 0.3 is 0 Å². The molecule has 0 spiro atoms. The fourth-order valence-corrected chi connectivity index (χ4v) is 2.08. The Labute approximate surface area is 114 Å². The van der Waals surface area contributed by atoms with E-state index < -0.39 is 0 Å². The Kier molecular flexibility index (Phi) is 2.76. The van der Waals surface area contributed by atoms with Crippen LogP contribution in [0.4, 0.5) is 17.1 Å². The SMILES string of the molecule is Nc1cc(N)cc(C(=O)Nc2cccc3[nH]ncc23)c1. The summed E-state index contributed by atoms with van der Waals surface area (Å²) >= 11 is 0. The minimum Gasteiger partial charge on any atom is -0.399 e. The second-order valence-electron chi connectivity index (χ2n) is 4.48. The first-order valence-corrected chi connectivity index (χ1v) is 6.03. The number of nitrogens with zero attached hydrogens (tertiary/aromatic N) is 1. The summed E-state index contributed by atoms with van der Waals surface area (Å²) in [7, 11) is 0. The number of fused-ring (bicyclic) bond motifs is 1. The molecule has 2 aromatic carbocycles.